The van der Waals surface area contributed by atoms with Gasteiger partial charge >= 0.3 is 0 Å². The van der Waals surface area contributed by atoms with Crippen LogP contribution in [0.5, 0.6) is 5.88 Å². The van der Waals surface area contributed by atoms with Crippen LogP contribution in [0.1, 0.15) is 0 Å². The number of methoxy groups -OCH3 is 1. The lowest BCUT2D eigenvalue weighted by Gasteiger charge is -2.06. The summed E-state index contributed by atoms with van der Waals surface area (Å²) in [7, 11) is 3.39. The van der Waals surface area contributed by atoms with Crippen LogP contribution < -0.4 is 10.1 Å². The van der Waals surface area contributed by atoms with Crippen LogP contribution in [0.4, 0.5) is 5.82 Å². The number of halogens is 2. The lowest BCUT2D eigenvalue weighted by atomic mass is 10.4. The first kappa shape index (κ1) is 9.80. The number of pyridine rings is 1. The maximum Gasteiger partial charge on any atom is 0.229 e. The van der Waals surface area contributed by atoms with Gasteiger partial charge in [-0.05, 0) is 37.9 Å². The minimum Gasteiger partial charge on any atom is -0.480 e. The SMILES string of the molecule is CNc1nc(OC)c(Br)cc1Br. The van der Waals surface area contributed by atoms with Crippen LogP contribution in [-0.2, 0) is 0 Å². The molecule has 0 aromatic carbocycles. The van der Waals surface area contributed by atoms with Gasteiger partial charge in [0.25, 0.3) is 0 Å². The molecular formula is C7H8Br2N2O. The predicted molar refractivity (Wildman–Crippen MR) is 55.7 cm³/mol. The molecule has 0 saturated heterocycles. The van der Waals surface area contributed by atoms with Gasteiger partial charge in [0.1, 0.15) is 5.82 Å². The Hall–Kier alpha value is -0.290. The molecule has 0 aliphatic carbocycles. The van der Waals surface area contributed by atoms with Crippen molar-refractivity contribution in [2.24, 2.45) is 0 Å². The van der Waals surface area contributed by atoms with Gasteiger partial charge in [-0.3, -0.25) is 0 Å². The fraction of sp³-hybridized carbons (Fsp3) is 0.286. The number of aromatic nitrogens is 1. The van der Waals surface area contributed by atoms with Crippen molar-refractivity contribution in [1.82, 2.24) is 4.98 Å². The average molecular weight is 296 g/mol. The molecular weight excluding hydrogens is 288 g/mol. The highest BCUT2D eigenvalue weighted by molar-refractivity contribution is 9.11. The molecule has 0 saturated carbocycles. The third kappa shape index (κ3) is 1.90. The molecule has 0 unspecified atom stereocenters. The van der Waals surface area contributed by atoms with E-state index >= 15 is 0 Å². The zero-order chi connectivity index (χ0) is 9.14. The minimum atomic E-state index is 0.572. The molecule has 3 nitrogen and oxygen atoms in total. The first-order valence-electron chi connectivity index (χ1n) is 3.26. The Balaban J connectivity index is 3.18. The maximum atomic E-state index is 5.02. The van der Waals surface area contributed by atoms with E-state index in [1.54, 1.807) is 14.2 Å². The lowest BCUT2D eigenvalue weighted by Crippen LogP contribution is -1.96. The number of anilines is 1. The molecule has 1 aromatic rings. The molecule has 0 aliphatic heterocycles. The monoisotopic (exact) mass is 294 g/mol. The molecule has 0 bridgehead atoms. The number of nitrogens with one attached hydrogen (secondary N) is 1. The second-order valence-corrected chi connectivity index (χ2v) is 3.77. The van der Waals surface area contributed by atoms with Gasteiger partial charge in [-0.15, -0.1) is 0 Å². The van der Waals surface area contributed by atoms with Crippen molar-refractivity contribution in [1.29, 1.82) is 0 Å². The molecule has 1 aromatic heterocycles. The van der Waals surface area contributed by atoms with Crippen LogP contribution in [0.2, 0.25) is 0 Å². The number of nitrogens with zero attached hydrogens (tertiary/aromatic N) is 1. The highest BCUT2D eigenvalue weighted by atomic mass is 79.9. The van der Waals surface area contributed by atoms with Gasteiger partial charge in [-0.2, -0.15) is 4.98 Å². The summed E-state index contributed by atoms with van der Waals surface area (Å²) < 4.78 is 6.75. The van der Waals surface area contributed by atoms with Crippen LogP contribution in [0.15, 0.2) is 15.0 Å². The van der Waals surface area contributed by atoms with E-state index in [2.05, 4.69) is 42.2 Å². The average Bonchev–Trinajstić information content (AvgIpc) is 2.05. The molecule has 1 N–H and O–H groups in total. The van der Waals surface area contributed by atoms with Crippen molar-refractivity contribution in [3.05, 3.63) is 15.0 Å². The summed E-state index contributed by atoms with van der Waals surface area (Å²) >= 11 is 6.69. The van der Waals surface area contributed by atoms with E-state index in [-0.39, 0.29) is 0 Å². The molecule has 1 rings (SSSR count). The van der Waals surface area contributed by atoms with E-state index in [9.17, 15) is 0 Å². The molecule has 12 heavy (non-hydrogen) atoms. The smallest absolute Gasteiger partial charge is 0.229 e. The highest BCUT2D eigenvalue weighted by Crippen LogP contribution is 2.30. The van der Waals surface area contributed by atoms with Crippen molar-refractivity contribution in [3.8, 4) is 5.88 Å². The lowest BCUT2D eigenvalue weighted by molar-refractivity contribution is 0.395. The summed E-state index contributed by atoms with van der Waals surface area (Å²) in [6.07, 6.45) is 0. The van der Waals surface area contributed by atoms with E-state index in [1.807, 2.05) is 6.07 Å². The Labute approximate surface area is 87.8 Å². The second-order valence-electron chi connectivity index (χ2n) is 2.06. The van der Waals surface area contributed by atoms with E-state index in [0.29, 0.717) is 5.88 Å². The zero-order valence-corrected chi connectivity index (χ0v) is 9.86. The van der Waals surface area contributed by atoms with Gasteiger partial charge in [-0.25, -0.2) is 0 Å². The van der Waals surface area contributed by atoms with Crippen molar-refractivity contribution in [2.45, 2.75) is 0 Å². The summed E-state index contributed by atoms with van der Waals surface area (Å²) in [5, 5.41) is 2.94. The molecule has 5 heteroatoms. The van der Waals surface area contributed by atoms with Gasteiger partial charge in [0.05, 0.1) is 16.1 Å². The first-order chi connectivity index (χ1) is 5.69. The van der Waals surface area contributed by atoms with Gasteiger partial charge in [0.15, 0.2) is 0 Å². The third-order valence-electron chi connectivity index (χ3n) is 1.33. The zero-order valence-electron chi connectivity index (χ0n) is 6.69. The molecule has 0 fully saturated rings. The number of hydrogen-bond acceptors (Lipinski definition) is 3. The fourth-order valence-electron chi connectivity index (χ4n) is 0.768. The Morgan fingerprint density at radius 1 is 1.42 bits per heavy atom. The van der Waals surface area contributed by atoms with Crippen LogP contribution in [0.25, 0.3) is 0 Å². The fourth-order valence-corrected chi connectivity index (χ4v) is 2.07. The Morgan fingerprint density at radius 3 is 2.58 bits per heavy atom. The maximum absolute atomic E-state index is 5.02. The van der Waals surface area contributed by atoms with Crippen molar-refractivity contribution in [2.75, 3.05) is 19.5 Å². The van der Waals surface area contributed by atoms with Gasteiger partial charge in [0, 0.05) is 7.05 Å². The standard InChI is InChI=1S/C7H8Br2N2O/c1-10-6-4(8)3-5(9)7(11-6)12-2/h3H,1-2H3,(H,10,11). The second kappa shape index (κ2) is 4.09. The Bertz CT molecular complexity index is 266. The normalized spacial score (nSPS) is 9.67. The molecule has 0 amide bonds. The quantitative estimate of drug-likeness (QED) is 0.911. The summed E-state index contributed by atoms with van der Waals surface area (Å²) in [5.41, 5.74) is 0. The molecule has 0 atom stereocenters. The predicted octanol–water partition coefficient (Wildman–Crippen LogP) is 2.66. The summed E-state index contributed by atoms with van der Waals surface area (Å²) in [6.45, 7) is 0. The topological polar surface area (TPSA) is 34.2 Å². The molecule has 0 spiro atoms. The summed E-state index contributed by atoms with van der Waals surface area (Å²) in [6, 6.07) is 1.89. The van der Waals surface area contributed by atoms with Gasteiger partial charge < -0.3 is 10.1 Å². The Morgan fingerprint density at radius 2 is 2.08 bits per heavy atom. The van der Waals surface area contributed by atoms with Crippen molar-refractivity contribution in [3.63, 3.8) is 0 Å². The van der Waals surface area contributed by atoms with E-state index < -0.39 is 0 Å². The Kier molecular flexibility index (Phi) is 3.34. The largest absolute Gasteiger partial charge is 0.480 e. The highest BCUT2D eigenvalue weighted by Gasteiger charge is 2.06. The molecule has 1 heterocycles. The van der Waals surface area contributed by atoms with Gasteiger partial charge in [0.2, 0.25) is 5.88 Å². The molecule has 0 radical (unpaired) electrons. The van der Waals surface area contributed by atoms with Gasteiger partial charge in [-0.1, -0.05) is 0 Å². The number of rotatable bonds is 2. The van der Waals surface area contributed by atoms with E-state index in [4.69, 9.17) is 4.74 Å². The third-order valence-corrected chi connectivity index (χ3v) is 2.50. The summed E-state index contributed by atoms with van der Waals surface area (Å²) in [4.78, 5) is 4.18. The van der Waals surface area contributed by atoms with Crippen LogP contribution in [0.3, 0.4) is 0 Å². The van der Waals surface area contributed by atoms with Crippen molar-refractivity contribution < 1.29 is 4.74 Å². The van der Waals surface area contributed by atoms with Crippen LogP contribution in [0, 0.1) is 0 Å². The van der Waals surface area contributed by atoms with Crippen LogP contribution in [-0.4, -0.2) is 19.1 Å². The van der Waals surface area contributed by atoms with E-state index in [0.717, 1.165) is 14.8 Å². The van der Waals surface area contributed by atoms with Crippen molar-refractivity contribution >= 4 is 37.7 Å². The van der Waals surface area contributed by atoms with Crippen LogP contribution >= 0.6 is 31.9 Å². The van der Waals surface area contributed by atoms with E-state index in [1.165, 1.54) is 0 Å². The first-order valence-corrected chi connectivity index (χ1v) is 4.85. The minimum absolute atomic E-state index is 0.572. The molecule has 0 aliphatic rings. The number of ether oxygens (including phenoxy) is 1. The number of hydrogen-bond donors (Lipinski definition) is 1. The molecule has 66 valence electrons. The summed E-state index contributed by atoms with van der Waals surface area (Å²) in [5.74, 6) is 1.33.